The summed E-state index contributed by atoms with van der Waals surface area (Å²) in [5, 5.41) is 0.116. The third kappa shape index (κ3) is 8.95. The number of hydrogen-bond donors (Lipinski definition) is 1. The molecule has 0 bridgehead atoms. The molecule has 1 N–H and O–H groups in total. The van der Waals surface area contributed by atoms with E-state index in [4.69, 9.17) is 4.43 Å². The van der Waals surface area contributed by atoms with Crippen molar-refractivity contribution < 1.29 is 8.98 Å². The molecule has 1 heterocycles. The number of hydrogen-bond acceptors (Lipinski definition) is 4. The Morgan fingerprint density at radius 2 is 1.69 bits per heavy atom. The summed E-state index contributed by atoms with van der Waals surface area (Å²) in [5.41, 5.74) is 5.11. The van der Waals surface area contributed by atoms with E-state index < -0.39 is 27.8 Å². The average molecular weight is 453 g/mol. The second-order valence-corrected chi connectivity index (χ2v) is 22.7. The summed E-state index contributed by atoms with van der Waals surface area (Å²) in [6.45, 7) is 24.1. The van der Waals surface area contributed by atoms with Gasteiger partial charge in [0.25, 0.3) is 0 Å². The fourth-order valence-corrected chi connectivity index (χ4v) is 4.28. The zero-order valence-corrected chi connectivity index (χ0v) is 23.0. The first-order valence-electron chi connectivity index (χ1n) is 10.2. The van der Waals surface area contributed by atoms with Crippen molar-refractivity contribution in [3.05, 3.63) is 29.6 Å². The number of nitrogens with zero attached hydrogens (tertiary/aromatic N) is 1. The van der Waals surface area contributed by atoms with Gasteiger partial charge >= 0.3 is 0 Å². The minimum Gasteiger partial charge on any atom is -0.598 e. The molecule has 1 rings (SSSR count). The molecule has 0 spiro atoms. The Balaban J connectivity index is 3.09. The Bertz CT molecular complexity index is 721. The van der Waals surface area contributed by atoms with Crippen LogP contribution in [0.2, 0.25) is 37.8 Å². The summed E-state index contributed by atoms with van der Waals surface area (Å²) in [7, 11) is -3.35. The van der Waals surface area contributed by atoms with Crippen molar-refractivity contribution in [2.45, 2.75) is 90.1 Å². The molecule has 0 aromatic carbocycles. The number of aromatic nitrogens is 1. The Labute approximate surface area is 184 Å². The van der Waals surface area contributed by atoms with Crippen molar-refractivity contribution in [2.24, 2.45) is 0 Å². The molecule has 29 heavy (non-hydrogen) atoms. The fraction of sp³-hybridized carbons (Fsp3) is 0.682. The molecule has 7 heteroatoms. The summed E-state index contributed by atoms with van der Waals surface area (Å²) in [5.74, 6) is 3.24. The normalized spacial score (nSPS) is 15.4. The van der Waals surface area contributed by atoms with E-state index in [1.165, 1.54) is 0 Å². The second-order valence-electron chi connectivity index (χ2n) is 11.1. The lowest BCUT2D eigenvalue weighted by Crippen LogP contribution is -2.46. The standard InChI is InChI=1S/C22H40N2O2SSi2/c1-21(2,3)27(25)24-20(17-26-29(10,11)22(4,5)6)19-13-12-18(16-23-19)14-15-28(7,8)9/h12-13,16,20,24H,17H2,1-11H3. The van der Waals surface area contributed by atoms with Gasteiger partial charge in [0.05, 0.1) is 12.3 Å². The summed E-state index contributed by atoms with van der Waals surface area (Å²) < 4.78 is 22.1. The SMILES string of the molecule is CC(C)(C)[S+]([O-])NC(CO[Si](C)(C)C(C)(C)C)c1ccc(C#C[Si](C)(C)C)cn1. The molecule has 0 aliphatic heterocycles. The van der Waals surface area contributed by atoms with Crippen LogP contribution in [0, 0.1) is 11.5 Å². The van der Waals surface area contributed by atoms with Crippen molar-refractivity contribution >= 4 is 27.8 Å². The summed E-state index contributed by atoms with van der Waals surface area (Å²) >= 11 is -1.21. The molecule has 2 atom stereocenters. The highest BCUT2D eigenvalue weighted by atomic mass is 32.2. The van der Waals surface area contributed by atoms with E-state index in [0.29, 0.717) is 6.61 Å². The lowest BCUT2D eigenvalue weighted by molar-refractivity contribution is 0.254. The zero-order chi connectivity index (χ0) is 22.7. The van der Waals surface area contributed by atoms with Crippen LogP contribution in [0.1, 0.15) is 58.8 Å². The van der Waals surface area contributed by atoms with Crippen LogP contribution in [-0.2, 0) is 15.8 Å². The molecular formula is C22H40N2O2SSi2. The molecular weight excluding hydrogens is 412 g/mol. The Morgan fingerprint density at radius 3 is 2.10 bits per heavy atom. The van der Waals surface area contributed by atoms with Crippen LogP contribution in [-0.4, -0.2) is 37.3 Å². The molecule has 4 nitrogen and oxygen atoms in total. The highest BCUT2D eigenvalue weighted by Crippen LogP contribution is 2.37. The lowest BCUT2D eigenvalue weighted by atomic mass is 10.2. The number of pyridine rings is 1. The molecule has 0 aliphatic rings. The van der Waals surface area contributed by atoms with E-state index in [1.54, 1.807) is 0 Å². The first kappa shape index (κ1) is 26.4. The maximum atomic E-state index is 12.8. The molecule has 164 valence electrons. The second kappa shape index (κ2) is 9.67. The number of rotatable bonds is 6. The third-order valence-corrected chi connectivity index (χ3v) is 11.9. The van der Waals surface area contributed by atoms with Crippen LogP contribution < -0.4 is 4.72 Å². The summed E-state index contributed by atoms with van der Waals surface area (Å²) in [4.78, 5) is 4.63. The topological polar surface area (TPSA) is 57.2 Å². The van der Waals surface area contributed by atoms with Gasteiger partial charge in [-0.3, -0.25) is 4.98 Å². The van der Waals surface area contributed by atoms with Crippen LogP contribution in [0.3, 0.4) is 0 Å². The molecule has 1 aromatic rings. The molecule has 0 aliphatic carbocycles. The van der Waals surface area contributed by atoms with E-state index >= 15 is 0 Å². The molecule has 1 aromatic heterocycles. The first-order chi connectivity index (χ1) is 12.9. The van der Waals surface area contributed by atoms with E-state index in [-0.39, 0.29) is 15.8 Å². The monoisotopic (exact) mass is 452 g/mol. The van der Waals surface area contributed by atoms with Gasteiger partial charge in [0.15, 0.2) is 8.32 Å². The predicted molar refractivity (Wildman–Crippen MR) is 131 cm³/mol. The minimum atomic E-state index is -1.93. The van der Waals surface area contributed by atoms with Gasteiger partial charge in [-0.1, -0.05) is 46.3 Å². The third-order valence-electron chi connectivity index (χ3n) is 4.95. The van der Waals surface area contributed by atoms with Crippen molar-refractivity contribution in [3.8, 4) is 11.5 Å². The Hall–Kier alpha value is -0.626. The van der Waals surface area contributed by atoms with E-state index in [0.717, 1.165) is 11.3 Å². The fourth-order valence-electron chi connectivity index (χ4n) is 1.94. The van der Waals surface area contributed by atoms with Crippen LogP contribution in [0.5, 0.6) is 0 Å². The van der Waals surface area contributed by atoms with Crippen LogP contribution in [0.15, 0.2) is 18.3 Å². The van der Waals surface area contributed by atoms with Crippen molar-refractivity contribution in [2.75, 3.05) is 6.61 Å². The van der Waals surface area contributed by atoms with Crippen LogP contribution >= 0.6 is 0 Å². The van der Waals surface area contributed by atoms with Crippen molar-refractivity contribution in [1.82, 2.24) is 9.71 Å². The lowest BCUT2D eigenvalue weighted by Gasteiger charge is -2.37. The van der Waals surface area contributed by atoms with Gasteiger partial charge in [0.2, 0.25) is 0 Å². The Morgan fingerprint density at radius 1 is 1.10 bits per heavy atom. The molecule has 0 amide bonds. The van der Waals surface area contributed by atoms with Gasteiger partial charge in [0, 0.05) is 23.1 Å². The Kier molecular flexibility index (Phi) is 8.81. The minimum absolute atomic E-state index is 0.116. The van der Waals surface area contributed by atoms with E-state index in [1.807, 2.05) is 39.1 Å². The molecule has 0 saturated carbocycles. The first-order valence-corrected chi connectivity index (χ1v) is 17.8. The molecule has 2 unspecified atom stereocenters. The highest BCUT2D eigenvalue weighted by Gasteiger charge is 2.39. The highest BCUT2D eigenvalue weighted by molar-refractivity contribution is 7.90. The predicted octanol–water partition coefficient (Wildman–Crippen LogP) is 5.43. The van der Waals surface area contributed by atoms with Gasteiger partial charge in [-0.25, -0.2) is 0 Å². The summed E-state index contributed by atoms with van der Waals surface area (Å²) in [6.07, 6.45) is 1.81. The quantitative estimate of drug-likeness (QED) is 0.355. The van der Waals surface area contributed by atoms with Gasteiger partial charge in [-0.2, -0.15) is 0 Å². The van der Waals surface area contributed by atoms with Crippen molar-refractivity contribution in [3.63, 3.8) is 0 Å². The van der Waals surface area contributed by atoms with Gasteiger partial charge in [-0.15, -0.1) is 10.3 Å². The maximum absolute atomic E-state index is 12.8. The van der Waals surface area contributed by atoms with Gasteiger partial charge < -0.3 is 8.98 Å². The molecule has 0 radical (unpaired) electrons. The largest absolute Gasteiger partial charge is 0.598 e. The number of nitrogens with one attached hydrogen (secondary N) is 1. The van der Waals surface area contributed by atoms with E-state index in [2.05, 4.69) is 74.7 Å². The zero-order valence-electron chi connectivity index (χ0n) is 20.2. The molecule has 0 saturated heterocycles. The van der Waals surface area contributed by atoms with Crippen molar-refractivity contribution in [1.29, 1.82) is 0 Å². The van der Waals surface area contributed by atoms with Crippen LogP contribution in [0.25, 0.3) is 0 Å². The van der Waals surface area contributed by atoms with Gasteiger partial charge in [0.1, 0.15) is 18.9 Å². The molecule has 0 fully saturated rings. The average Bonchev–Trinajstić information content (AvgIpc) is 2.54. The van der Waals surface area contributed by atoms with E-state index in [9.17, 15) is 4.55 Å². The smallest absolute Gasteiger partial charge is 0.192 e. The van der Waals surface area contributed by atoms with Crippen LogP contribution in [0.4, 0.5) is 0 Å². The maximum Gasteiger partial charge on any atom is 0.192 e. The summed E-state index contributed by atoms with van der Waals surface area (Å²) in [6, 6.07) is 3.74. The van der Waals surface area contributed by atoms with Gasteiger partial charge in [-0.05, 0) is 51.0 Å².